The number of carbonyl (C=O) groups is 1. The summed E-state index contributed by atoms with van der Waals surface area (Å²) in [6, 6.07) is 3.71. The van der Waals surface area contributed by atoms with Crippen LogP contribution in [0.2, 0.25) is 0 Å². The van der Waals surface area contributed by atoms with Gasteiger partial charge < -0.3 is 14.0 Å². The summed E-state index contributed by atoms with van der Waals surface area (Å²) in [7, 11) is -0.591. The van der Waals surface area contributed by atoms with E-state index in [-0.39, 0.29) is 0 Å². The summed E-state index contributed by atoms with van der Waals surface area (Å²) in [5, 5.41) is 0. The van der Waals surface area contributed by atoms with Gasteiger partial charge >= 0.3 is 13.2 Å². The van der Waals surface area contributed by atoms with Crippen LogP contribution in [0.1, 0.15) is 54.2 Å². The molecule has 1 aromatic heterocycles. The molecule has 2 heterocycles. The first-order valence-electron chi connectivity index (χ1n) is 7.61. The second-order valence-corrected chi connectivity index (χ2v) is 7.80. The standard InChI is InChI=1S/C16H26BNO4/c1-11-9-10-12(18(11)13(19)20-14(2,3)4)17-21-15(5,6)16(7,8)22-17/h9-10H,1-8H3. The van der Waals surface area contributed by atoms with Gasteiger partial charge in [0.15, 0.2) is 0 Å². The van der Waals surface area contributed by atoms with Crippen molar-refractivity contribution >= 4 is 18.8 Å². The molecular weight excluding hydrogens is 281 g/mol. The number of rotatable bonds is 1. The van der Waals surface area contributed by atoms with Gasteiger partial charge in [-0.05, 0) is 67.5 Å². The van der Waals surface area contributed by atoms with Crippen molar-refractivity contribution in [2.75, 3.05) is 0 Å². The molecule has 0 atom stereocenters. The van der Waals surface area contributed by atoms with Crippen molar-refractivity contribution in [1.29, 1.82) is 0 Å². The molecule has 1 aliphatic rings. The van der Waals surface area contributed by atoms with Gasteiger partial charge in [0.1, 0.15) is 5.60 Å². The van der Waals surface area contributed by atoms with Gasteiger partial charge in [-0.15, -0.1) is 0 Å². The van der Waals surface area contributed by atoms with Crippen molar-refractivity contribution in [3.05, 3.63) is 17.8 Å². The number of aryl methyl sites for hydroxylation is 1. The summed E-state index contributed by atoms with van der Waals surface area (Å²) in [4.78, 5) is 12.5. The van der Waals surface area contributed by atoms with Crippen molar-refractivity contribution in [2.24, 2.45) is 0 Å². The topological polar surface area (TPSA) is 49.7 Å². The predicted octanol–water partition coefficient (Wildman–Crippen LogP) is 2.88. The van der Waals surface area contributed by atoms with Crippen LogP contribution in [0.15, 0.2) is 12.1 Å². The molecule has 22 heavy (non-hydrogen) atoms. The molecule has 2 rings (SSSR count). The molecule has 0 aromatic carbocycles. The van der Waals surface area contributed by atoms with Gasteiger partial charge in [0.2, 0.25) is 0 Å². The average Bonchev–Trinajstić information content (AvgIpc) is 2.75. The minimum absolute atomic E-state index is 0.417. The lowest BCUT2D eigenvalue weighted by Gasteiger charge is -2.32. The molecule has 0 saturated carbocycles. The number of hydrogen-bond donors (Lipinski definition) is 0. The Morgan fingerprint density at radius 2 is 1.64 bits per heavy atom. The first-order chi connectivity index (χ1) is 9.84. The van der Waals surface area contributed by atoms with E-state index in [0.717, 1.165) is 5.69 Å². The molecule has 1 fully saturated rings. The third kappa shape index (κ3) is 3.08. The molecule has 0 spiro atoms. The monoisotopic (exact) mass is 307 g/mol. The second kappa shape index (κ2) is 5.13. The first kappa shape index (κ1) is 17.1. The molecule has 0 amide bonds. The zero-order valence-corrected chi connectivity index (χ0v) is 14.8. The summed E-state index contributed by atoms with van der Waals surface area (Å²) >= 11 is 0. The molecule has 1 saturated heterocycles. The third-order valence-corrected chi connectivity index (χ3v) is 4.18. The molecule has 6 heteroatoms. The predicted molar refractivity (Wildman–Crippen MR) is 86.5 cm³/mol. The van der Waals surface area contributed by atoms with E-state index < -0.39 is 30.0 Å². The highest BCUT2D eigenvalue weighted by atomic mass is 16.7. The van der Waals surface area contributed by atoms with E-state index in [4.69, 9.17) is 14.0 Å². The molecule has 0 aliphatic carbocycles. The van der Waals surface area contributed by atoms with E-state index in [1.54, 1.807) is 0 Å². The molecule has 0 N–H and O–H groups in total. The summed E-state index contributed by atoms with van der Waals surface area (Å²) in [6.07, 6.45) is -0.417. The maximum atomic E-state index is 12.5. The van der Waals surface area contributed by atoms with Crippen molar-refractivity contribution in [3.63, 3.8) is 0 Å². The van der Waals surface area contributed by atoms with Crippen molar-refractivity contribution < 1.29 is 18.8 Å². The summed E-state index contributed by atoms with van der Waals surface area (Å²) in [6.45, 7) is 15.3. The van der Waals surface area contributed by atoms with Gasteiger partial charge in [-0.25, -0.2) is 4.79 Å². The molecule has 0 unspecified atom stereocenters. The lowest BCUT2D eigenvalue weighted by molar-refractivity contribution is 0.00578. The van der Waals surface area contributed by atoms with Gasteiger partial charge in [0.25, 0.3) is 0 Å². The van der Waals surface area contributed by atoms with E-state index in [1.807, 2.05) is 67.5 Å². The molecular formula is C16H26BNO4. The Kier molecular flexibility index (Phi) is 3.99. The van der Waals surface area contributed by atoms with Crippen LogP contribution in [0, 0.1) is 6.92 Å². The molecule has 5 nitrogen and oxygen atoms in total. The van der Waals surface area contributed by atoms with Gasteiger partial charge in [-0.3, -0.25) is 4.57 Å². The zero-order chi connectivity index (χ0) is 16.9. The van der Waals surface area contributed by atoms with E-state index in [9.17, 15) is 4.79 Å². The fraction of sp³-hybridized carbons (Fsp3) is 0.688. The lowest BCUT2D eigenvalue weighted by atomic mass is 9.85. The highest BCUT2D eigenvalue weighted by Gasteiger charge is 2.53. The number of hydrogen-bond acceptors (Lipinski definition) is 4. The first-order valence-corrected chi connectivity index (χ1v) is 7.61. The Bertz CT molecular complexity index is 567. The Balaban J connectivity index is 2.34. The van der Waals surface area contributed by atoms with Crippen LogP contribution in [-0.2, 0) is 14.0 Å². The molecule has 122 valence electrons. The van der Waals surface area contributed by atoms with Crippen LogP contribution in [0.25, 0.3) is 0 Å². The maximum absolute atomic E-state index is 12.5. The minimum atomic E-state index is -0.591. The van der Waals surface area contributed by atoms with Crippen LogP contribution >= 0.6 is 0 Å². The maximum Gasteiger partial charge on any atom is 0.513 e. The Hall–Kier alpha value is -1.27. The van der Waals surface area contributed by atoms with Crippen LogP contribution in [0.5, 0.6) is 0 Å². The second-order valence-electron chi connectivity index (χ2n) is 7.80. The largest absolute Gasteiger partial charge is 0.513 e. The fourth-order valence-corrected chi connectivity index (χ4v) is 2.26. The Labute approximate surface area is 133 Å². The number of ether oxygens (including phenoxy) is 1. The van der Waals surface area contributed by atoms with E-state index >= 15 is 0 Å². The Morgan fingerprint density at radius 3 is 2.09 bits per heavy atom. The molecule has 0 radical (unpaired) electrons. The normalized spacial score (nSPS) is 20.3. The summed E-state index contributed by atoms with van der Waals surface area (Å²) < 4.78 is 19.1. The van der Waals surface area contributed by atoms with Gasteiger partial charge in [0, 0.05) is 5.69 Å². The molecule has 0 bridgehead atoms. The summed E-state index contributed by atoms with van der Waals surface area (Å²) in [5.74, 6) is 0. The van der Waals surface area contributed by atoms with E-state index in [2.05, 4.69) is 0 Å². The minimum Gasteiger partial charge on any atom is -0.443 e. The number of carbonyl (C=O) groups excluding carboxylic acids is 1. The lowest BCUT2D eigenvalue weighted by Crippen LogP contribution is -2.43. The highest BCUT2D eigenvalue weighted by molar-refractivity contribution is 6.61. The van der Waals surface area contributed by atoms with Gasteiger partial charge in [0.05, 0.1) is 16.8 Å². The SMILES string of the molecule is Cc1ccc(B2OC(C)(C)C(C)(C)O2)n1C(=O)OC(C)(C)C. The smallest absolute Gasteiger partial charge is 0.443 e. The summed E-state index contributed by atoms with van der Waals surface area (Å²) in [5.41, 5.74) is -0.00568. The van der Waals surface area contributed by atoms with E-state index in [1.165, 1.54) is 4.57 Å². The van der Waals surface area contributed by atoms with Gasteiger partial charge in [-0.1, -0.05) is 0 Å². The number of nitrogens with zero attached hydrogens (tertiary/aromatic N) is 1. The average molecular weight is 307 g/mol. The van der Waals surface area contributed by atoms with Crippen molar-refractivity contribution in [1.82, 2.24) is 4.57 Å². The van der Waals surface area contributed by atoms with Crippen LogP contribution in [-0.4, -0.2) is 34.6 Å². The van der Waals surface area contributed by atoms with Crippen LogP contribution < -0.4 is 5.59 Å². The fourth-order valence-electron chi connectivity index (χ4n) is 2.26. The van der Waals surface area contributed by atoms with Crippen molar-refractivity contribution in [2.45, 2.75) is 72.2 Å². The van der Waals surface area contributed by atoms with Crippen LogP contribution in [0.3, 0.4) is 0 Å². The quantitative estimate of drug-likeness (QED) is 0.749. The Morgan fingerprint density at radius 1 is 1.14 bits per heavy atom. The zero-order valence-electron chi connectivity index (χ0n) is 14.8. The highest BCUT2D eigenvalue weighted by Crippen LogP contribution is 2.36. The van der Waals surface area contributed by atoms with Crippen molar-refractivity contribution in [3.8, 4) is 0 Å². The third-order valence-electron chi connectivity index (χ3n) is 4.18. The van der Waals surface area contributed by atoms with Crippen LogP contribution in [0.4, 0.5) is 4.79 Å². The number of aromatic nitrogens is 1. The van der Waals surface area contributed by atoms with E-state index in [0.29, 0.717) is 5.59 Å². The molecule has 1 aromatic rings. The van der Waals surface area contributed by atoms with Gasteiger partial charge in [-0.2, -0.15) is 0 Å². The molecule has 1 aliphatic heterocycles.